The summed E-state index contributed by atoms with van der Waals surface area (Å²) in [7, 11) is 0. The Morgan fingerprint density at radius 2 is 2.25 bits per heavy atom. The molecule has 1 aromatic heterocycles. The molecule has 6 nitrogen and oxygen atoms in total. The molecule has 4 N–H and O–H groups in total. The van der Waals surface area contributed by atoms with Crippen LogP contribution >= 0.6 is 0 Å². The molecule has 2 aromatic rings. The number of hydrogen-bond donors (Lipinski definition) is 3. The maximum absolute atomic E-state index is 11.0. The van der Waals surface area contributed by atoms with Crippen LogP contribution in [0.1, 0.15) is 5.56 Å². The number of aromatic nitrogens is 1. The van der Waals surface area contributed by atoms with Crippen LogP contribution < -0.4 is 17.0 Å². The van der Waals surface area contributed by atoms with E-state index in [2.05, 4.69) is 10.4 Å². The van der Waals surface area contributed by atoms with Crippen molar-refractivity contribution in [3.63, 3.8) is 0 Å². The average Bonchev–Trinajstić information content (AvgIpc) is 2.56. The monoisotopic (exact) mass is 221 g/mol. The summed E-state index contributed by atoms with van der Waals surface area (Å²) in [6.07, 6.45) is 0. The number of aromatic amines is 1. The van der Waals surface area contributed by atoms with Gasteiger partial charge in [0.1, 0.15) is 5.54 Å². The molecule has 1 fully saturated rings. The fourth-order valence-corrected chi connectivity index (χ4v) is 1.89. The van der Waals surface area contributed by atoms with Gasteiger partial charge >= 0.3 is 5.76 Å². The van der Waals surface area contributed by atoms with Crippen LogP contribution in [0.2, 0.25) is 0 Å². The zero-order valence-corrected chi connectivity index (χ0v) is 8.45. The molecule has 1 aliphatic rings. The van der Waals surface area contributed by atoms with Crippen LogP contribution in [0.5, 0.6) is 0 Å². The van der Waals surface area contributed by atoms with E-state index in [-0.39, 0.29) is 5.54 Å². The van der Waals surface area contributed by atoms with E-state index >= 15 is 0 Å². The second-order valence-electron chi connectivity index (χ2n) is 3.94. The van der Waals surface area contributed by atoms with Crippen LogP contribution in [0.4, 0.5) is 0 Å². The van der Waals surface area contributed by atoms with E-state index in [1.165, 1.54) is 0 Å². The molecule has 0 radical (unpaired) electrons. The zero-order chi connectivity index (χ0) is 11.2. The number of rotatable bonds is 2. The summed E-state index contributed by atoms with van der Waals surface area (Å²) in [6, 6.07) is 5.48. The van der Waals surface area contributed by atoms with Gasteiger partial charge in [-0.2, -0.15) is 0 Å². The van der Waals surface area contributed by atoms with E-state index in [9.17, 15) is 4.79 Å². The van der Waals surface area contributed by atoms with Gasteiger partial charge in [0.2, 0.25) is 0 Å². The molecule has 16 heavy (non-hydrogen) atoms. The van der Waals surface area contributed by atoms with Gasteiger partial charge in [-0.05, 0) is 17.7 Å². The molecule has 84 valence electrons. The van der Waals surface area contributed by atoms with Crippen LogP contribution in [-0.2, 0) is 10.3 Å². The van der Waals surface area contributed by atoms with E-state index in [0.29, 0.717) is 24.3 Å². The van der Waals surface area contributed by atoms with Crippen molar-refractivity contribution in [2.45, 2.75) is 5.54 Å². The van der Waals surface area contributed by atoms with Crippen LogP contribution in [0.25, 0.3) is 11.1 Å². The van der Waals surface area contributed by atoms with Gasteiger partial charge in [0.05, 0.1) is 18.7 Å². The lowest BCUT2D eigenvalue weighted by molar-refractivity contribution is -0.0786. The lowest BCUT2D eigenvalue weighted by Crippen LogP contribution is -2.60. The maximum Gasteiger partial charge on any atom is 0.417 e. The van der Waals surface area contributed by atoms with Crippen molar-refractivity contribution in [3.05, 3.63) is 34.3 Å². The van der Waals surface area contributed by atoms with Crippen molar-refractivity contribution in [1.82, 2.24) is 10.4 Å². The first-order valence-corrected chi connectivity index (χ1v) is 4.92. The van der Waals surface area contributed by atoms with Crippen molar-refractivity contribution < 1.29 is 9.15 Å². The second-order valence-corrected chi connectivity index (χ2v) is 3.94. The normalized spacial score (nSPS) is 18.6. The number of ether oxygens (including phenoxy) is 1. The Morgan fingerprint density at radius 3 is 2.88 bits per heavy atom. The fourth-order valence-electron chi connectivity index (χ4n) is 1.89. The third-order valence-corrected chi connectivity index (χ3v) is 2.94. The van der Waals surface area contributed by atoms with Gasteiger partial charge in [-0.3, -0.25) is 10.8 Å². The summed E-state index contributed by atoms with van der Waals surface area (Å²) in [4.78, 5) is 13.6. The smallest absolute Gasteiger partial charge is 0.408 e. The Morgan fingerprint density at radius 1 is 1.44 bits per heavy atom. The van der Waals surface area contributed by atoms with Crippen LogP contribution in [0.3, 0.4) is 0 Å². The van der Waals surface area contributed by atoms with E-state index in [1.54, 1.807) is 6.07 Å². The Hall–Kier alpha value is -1.63. The molecule has 0 unspecified atom stereocenters. The largest absolute Gasteiger partial charge is 0.417 e. The molecule has 0 saturated carbocycles. The van der Waals surface area contributed by atoms with Crippen molar-refractivity contribution >= 4 is 11.1 Å². The Bertz CT molecular complexity index is 577. The number of oxazole rings is 1. The number of hydrazine groups is 1. The summed E-state index contributed by atoms with van der Waals surface area (Å²) < 4.78 is 10.1. The molecular formula is C10H11N3O3. The Kier molecular flexibility index (Phi) is 1.90. The van der Waals surface area contributed by atoms with Gasteiger partial charge in [-0.1, -0.05) is 6.07 Å². The van der Waals surface area contributed by atoms with Crippen LogP contribution in [0, 0.1) is 0 Å². The third kappa shape index (κ3) is 1.21. The summed E-state index contributed by atoms with van der Waals surface area (Å²) in [5.74, 6) is 5.07. The molecular weight excluding hydrogens is 210 g/mol. The standard InChI is InChI=1S/C10H11N3O3/c11-13-10(4-15-5-10)6-1-2-8-7(3-6)12-9(14)16-8/h1-3,13H,4-5,11H2,(H,12,14). The number of hydrogen-bond acceptors (Lipinski definition) is 5. The highest BCUT2D eigenvalue weighted by molar-refractivity contribution is 5.73. The summed E-state index contributed by atoms with van der Waals surface area (Å²) >= 11 is 0. The highest BCUT2D eigenvalue weighted by Crippen LogP contribution is 2.30. The van der Waals surface area contributed by atoms with Crippen molar-refractivity contribution in [2.75, 3.05) is 13.2 Å². The molecule has 3 rings (SSSR count). The Labute approximate surface area is 90.4 Å². The number of benzene rings is 1. The highest BCUT2D eigenvalue weighted by atomic mass is 16.5. The van der Waals surface area contributed by atoms with E-state index in [1.807, 2.05) is 12.1 Å². The van der Waals surface area contributed by atoms with Crippen molar-refractivity contribution in [3.8, 4) is 0 Å². The first kappa shape index (κ1) is 9.59. The van der Waals surface area contributed by atoms with Crippen molar-refractivity contribution in [2.24, 2.45) is 5.84 Å². The van der Waals surface area contributed by atoms with E-state index in [4.69, 9.17) is 15.0 Å². The maximum atomic E-state index is 11.0. The average molecular weight is 221 g/mol. The van der Waals surface area contributed by atoms with Gasteiger partial charge in [0.25, 0.3) is 0 Å². The van der Waals surface area contributed by atoms with Gasteiger partial charge in [-0.15, -0.1) is 0 Å². The summed E-state index contributed by atoms with van der Waals surface area (Å²) in [5.41, 5.74) is 4.60. The molecule has 1 aromatic carbocycles. The zero-order valence-electron chi connectivity index (χ0n) is 8.45. The highest BCUT2D eigenvalue weighted by Gasteiger charge is 2.39. The first-order chi connectivity index (χ1) is 7.73. The fraction of sp³-hybridized carbons (Fsp3) is 0.300. The minimum absolute atomic E-state index is 0.345. The first-order valence-electron chi connectivity index (χ1n) is 4.92. The predicted molar refractivity (Wildman–Crippen MR) is 56.7 cm³/mol. The summed E-state index contributed by atoms with van der Waals surface area (Å²) in [5, 5.41) is 0. The number of H-pyrrole nitrogens is 1. The van der Waals surface area contributed by atoms with Gasteiger partial charge in [0, 0.05) is 0 Å². The molecule has 0 aliphatic carbocycles. The SMILES string of the molecule is NNC1(c2ccc3oc(=O)[nH]c3c2)COC1. The van der Waals surface area contributed by atoms with Gasteiger partial charge < -0.3 is 9.15 Å². The predicted octanol–water partition coefficient (Wildman–Crippen LogP) is -0.190. The van der Waals surface area contributed by atoms with Crippen LogP contribution in [0.15, 0.2) is 27.4 Å². The Balaban J connectivity index is 2.14. The topological polar surface area (TPSA) is 93.3 Å². The van der Waals surface area contributed by atoms with Gasteiger partial charge in [0.15, 0.2) is 5.58 Å². The molecule has 2 heterocycles. The summed E-state index contributed by atoms with van der Waals surface area (Å²) in [6.45, 7) is 1.05. The molecule has 0 atom stereocenters. The molecule has 0 spiro atoms. The third-order valence-electron chi connectivity index (χ3n) is 2.94. The molecule has 6 heteroatoms. The lowest BCUT2D eigenvalue weighted by Gasteiger charge is -2.41. The number of nitrogens with one attached hydrogen (secondary N) is 2. The van der Waals surface area contributed by atoms with E-state index < -0.39 is 5.76 Å². The molecule has 1 saturated heterocycles. The lowest BCUT2D eigenvalue weighted by atomic mass is 9.88. The molecule has 0 bridgehead atoms. The minimum atomic E-state index is -0.452. The quantitative estimate of drug-likeness (QED) is 0.482. The van der Waals surface area contributed by atoms with Gasteiger partial charge in [-0.25, -0.2) is 10.2 Å². The minimum Gasteiger partial charge on any atom is -0.408 e. The number of fused-ring (bicyclic) bond motifs is 1. The second kappa shape index (κ2) is 3.18. The molecule has 0 amide bonds. The van der Waals surface area contributed by atoms with Crippen molar-refractivity contribution in [1.29, 1.82) is 0 Å². The molecule has 1 aliphatic heterocycles. The van der Waals surface area contributed by atoms with Crippen LogP contribution in [-0.4, -0.2) is 18.2 Å². The van der Waals surface area contributed by atoms with E-state index in [0.717, 1.165) is 5.56 Å². The number of nitrogens with two attached hydrogens (primary N) is 1.